The number of rotatable bonds is 2. The molecule has 0 saturated carbocycles. The highest BCUT2D eigenvalue weighted by Crippen LogP contribution is 2.17. The molecule has 0 heterocycles. The van der Waals surface area contributed by atoms with Gasteiger partial charge in [-0.25, -0.2) is 4.79 Å². The molecule has 1 aromatic carbocycles. The molecule has 0 aromatic heterocycles. The SMILES string of the molecule is O=C=NC(=O)c1ccccc1[N+](=O)[O-]. The average Bonchev–Trinajstić information content (AvgIpc) is 2.18. The number of nitro benzene ring substituents is 1. The van der Waals surface area contributed by atoms with Gasteiger partial charge in [-0.3, -0.25) is 14.9 Å². The third-order valence-corrected chi connectivity index (χ3v) is 1.48. The molecule has 1 aromatic rings. The van der Waals surface area contributed by atoms with Gasteiger partial charge < -0.3 is 0 Å². The maximum absolute atomic E-state index is 11.0. The molecule has 0 aliphatic carbocycles. The smallest absolute Gasteiger partial charge is 0.266 e. The highest BCUT2D eigenvalue weighted by atomic mass is 16.6. The number of amides is 1. The van der Waals surface area contributed by atoms with Crippen LogP contribution in [0.2, 0.25) is 0 Å². The predicted molar refractivity (Wildman–Crippen MR) is 45.5 cm³/mol. The molecule has 0 unspecified atom stereocenters. The molecule has 0 spiro atoms. The van der Waals surface area contributed by atoms with E-state index in [4.69, 9.17) is 0 Å². The lowest BCUT2D eigenvalue weighted by Gasteiger charge is -1.95. The monoisotopic (exact) mass is 192 g/mol. The Morgan fingerprint density at radius 1 is 1.43 bits per heavy atom. The van der Waals surface area contributed by atoms with Crippen molar-refractivity contribution in [3.8, 4) is 0 Å². The van der Waals surface area contributed by atoms with Crippen molar-refractivity contribution in [2.45, 2.75) is 0 Å². The van der Waals surface area contributed by atoms with Crippen molar-refractivity contribution in [1.82, 2.24) is 0 Å². The molecule has 1 rings (SSSR count). The molecule has 0 N–H and O–H groups in total. The van der Waals surface area contributed by atoms with Crippen LogP contribution in [-0.2, 0) is 4.79 Å². The Bertz CT molecular complexity index is 435. The molecule has 1 amide bonds. The average molecular weight is 192 g/mol. The summed E-state index contributed by atoms with van der Waals surface area (Å²) >= 11 is 0. The van der Waals surface area contributed by atoms with Crippen LogP contribution >= 0.6 is 0 Å². The Balaban J connectivity index is 3.26. The van der Waals surface area contributed by atoms with Crippen molar-refractivity contribution >= 4 is 17.7 Å². The van der Waals surface area contributed by atoms with Crippen LogP contribution in [0.3, 0.4) is 0 Å². The van der Waals surface area contributed by atoms with E-state index in [1.807, 2.05) is 0 Å². The molecule has 0 aliphatic rings. The molecule has 14 heavy (non-hydrogen) atoms. The van der Waals surface area contributed by atoms with Crippen LogP contribution in [0.4, 0.5) is 5.69 Å². The van der Waals surface area contributed by atoms with Gasteiger partial charge >= 0.3 is 0 Å². The zero-order valence-corrected chi connectivity index (χ0v) is 6.84. The Morgan fingerprint density at radius 3 is 2.64 bits per heavy atom. The number of nitro groups is 1. The number of hydrogen-bond donors (Lipinski definition) is 0. The topological polar surface area (TPSA) is 89.6 Å². The molecule has 0 radical (unpaired) electrons. The maximum atomic E-state index is 11.0. The second-order valence-corrected chi connectivity index (χ2v) is 2.28. The van der Waals surface area contributed by atoms with Crippen molar-refractivity contribution in [3.63, 3.8) is 0 Å². The van der Waals surface area contributed by atoms with Gasteiger partial charge in [0.25, 0.3) is 11.6 Å². The number of hydrogen-bond acceptors (Lipinski definition) is 4. The summed E-state index contributed by atoms with van der Waals surface area (Å²) in [6.07, 6.45) is 1.03. The van der Waals surface area contributed by atoms with Crippen molar-refractivity contribution in [2.75, 3.05) is 0 Å². The summed E-state index contributed by atoms with van der Waals surface area (Å²) < 4.78 is 0. The molecule has 0 aliphatic heterocycles. The second kappa shape index (κ2) is 4.06. The Kier molecular flexibility index (Phi) is 2.83. The lowest BCUT2D eigenvalue weighted by Crippen LogP contribution is -2.00. The lowest BCUT2D eigenvalue weighted by atomic mass is 10.2. The van der Waals surface area contributed by atoms with Gasteiger partial charge in [0, 0.05) is 6.07 Å². The van der Waals surface area contributed by atoms with Gasteiger partial charge in [-0.05, 0) is 6.07 Å². The third kappa shape index (κ3) is 1.88. The molecule has 70 valence electrons. The molecule has 6 heteroatoms. The molecular weight excluding hydrogens is 188 g/mol. The van der Waals surface area contributed by atoms with E-state index in [2.05, 4.69) is 4.99 Å². The van der Waals surface area contributed by atoms with Gasteiger partial charge in [-0.2, -0.15) is 0 Å². The molecule has 0 atom stereocenters. The first-order valence-corrected chi connectivity index (χ1v) is 3.52. The number of carbonyl (C=O) groups excluding carboxylic acids is 2. The van der Waals surface area contributed by atoms with E-state index >= 15 is 0 Å². The van der Waals surface area contributed by atoms with Crippen molar-refractivity contribution in [3.05, 3.63) is 39.9 Å². The first kappa shape index (κ1) is 9.76. The summed E-state index contributed by atoms with van der Waals surface area (Å²) in [7, 11) is 0. The minimum atomic E-state index is -0.965. The first-order chi connectivity index (χ1) is 6.66. The first-order valence-electron chi connectivity index (χ1n) is 3.52. The molecule has 0 bridgehead atoms. The Morgan fingerprint density at radius 2 is 2.07 bits per heavy atom. The normalized spacial score (nSPS) is 8.86. The van der Waals surface area contributed by atoms with E-state index in [-0.39, 0.29) is 11.3 Å². The third-order valence-electron chi connectivity index (χ3n) is 1.48. The van der Waals surface area contributed by atoms with Crippen molar-refractivity contribution in [2.24, 2.45) is 4.99 Å². The molecule has 0 saturated heterocycles. The zero-order valence-electron chi connectivity index (χ0n) is 6.84. The highest BCUT2D eigenvalue weighted by Gasteiger charge is 2.18. The van der Waals surface area contributed by atoms with E-state index in [1.54, 1.807) is 0 Å². The minimum absolute atomic E-state index is 0.221. The fourth-order valence-electron chi connectivity index (χ4n) is 0.915. The van der Waals surface area contributed by atoms with Gasteiger partial charge in [0.1, 0.15) is 5.56 Å². The number of isocyanates is 1. The number of aliphatic imine (C=N–C) groups is 1. The Hall–Kier alpha value is -2.33. The fraction of sp³-hybridized carbons (Fsp3) is 0. The molecular formula is C8H4N2O4. The van der Waals surface area contributed by atoms with Crippen LogP contribution in [-0.4, -0.2) is 16.9 Å². The van der Waals surface area contributed by atoms with Crippen LogP contribution in [0.25, 0.3) is 0 Å². The predicted octanol–water partition coefficient (Wildman–Crippen LogP) is 1.07. The van der Waals surface area contributed by atoms with Gasteiger partial charge in [-0.15, -0.1) is 4.99 Å². The Labute approximate surface area is 78.0 Å². The van der Waals surface area contributed by atoms with E-state index in [0.717, 1.165) is 12.1 Å². The standard InChI is InChI=1S/C8H4N2O4/c11-5-9-8(12)6-3-1-2-4-7(6)10(13)14/h1-4H. The van der Waals surface area contributed by atoms with Crippen LogP contribution < -0.4 is 0 Å². The fourth-order valence-corrected chi connectivity index (χ4v) is 0.915. The molecule has 0 fully saturated rings. The summed E-state index contributed by atoms with van der Waals surface area (Å²) in [5, 5.41) is 10.4. The van der Waals surface area contributed by atoms with E-state index in [1.165, 1.54) is 18.2 Å². The number of carbonyl (C=O) groups is 1. The highest BCUT2D eigenvalue weighted by molar-refractivity contribution is 6.00. The summed E-state index contributed by atoms with van der Waals surface area (Å²) in [6.45, 7) is 0. The second-order valence-electron chi connectivity index (χ2n) is 2.28. The summed E-state index contributed by atoms with van der Waals surface area (Å²) in [4.78, 5) is 33.3. The van der Waals surface area contributed by atoms with Gasteiger partial charge in [0.05, 0.1) is 4.92 Å². The van der Waals surface area contributed by atoms with Gasteiger partial charge in [-0.1, -0.05) is 12.1 Å². The number of benzene rings is 1. The zero-order chi connectivity index (χ0) is 10.6. The molecule has 6 nitrogen and oxygen atoms in total. The maximum Gasteiger partial charge on any atom is 0.294 e. The van der Waals surface area contributed by atoms with Crippen LogP contribution in [0.15, 0.2) is 29.3 Å². The number of nitrogens with zero attached hydrogens (tertiary/aromatic N) is 2. The van der Waals surface area contributed by atoms with E-state index in [0.29, 0.717) is 0 Å². The number of para-hydroxylation sites is 1. The van der Waals surface area contributed by atoms with Crippen molar-refractivity contribution < 1.29 is 14.5 Å². The van der Waals surface area contributed by atoms with Crippen LogP contribution in [0.1, 0.15) is 10.4 Å². The minimum Gasteiger partial charge on any atom is -0.266 e. The summed E-state index contributed by atoms with van der Waals surface area (Å²) in [5.41, 5.74) is -0.600. The lowest BCUT2D eigenvalue weighted by molar-refractivity contribution is -0.385. The summed E-state index contributed by atoms with van der Waals surface area (Å²) in [6, 6.07) is 5.24. The summed E-state index contributed by atoms with van der Waals surface area (Å²) in [5.74, 6) is -0.965. The largest absolute Gasteiger partial charge is 0.294 e. The van der Waals surface area contributed by atoms with Gasteiger partial charge in [0.15, 0.2) is 0 Å². The van der Waals surface area contributed by atoms with Crippen LogP contribution in [0, 0.1) is 10.1 Å². The van der Waals surface area contributed by atoms with Gasteiger partial charge in [0.2, 0.25) is 6.08 Å². The van der Waals surface area contributed by atoms with Crippen LogP contribution in [0.5, 0.6) is 0 Å². The van der Waals surface area contributed by atoms with E-state index < -0.39 is 10.8 Å². The van der Waals surface area contributed by atoms with Crippen molar-refractivity contribution in [1.29, 1.82) is 0 Å². The quantitative estimate of drug-likeness (QED) is 0.303. The van der Waals surface area contributed by atoms with E-state index in [9.17, 15) is 19.7 Å².